The number of hydrogen-bond donors (Lipinski definition) is 1. The zero-order valence-corrected chi connectivity index (χ0v) is 20.8. The van der Waals surface area contributed by atoms with Gasteiger partial charge in [-0.05, 0) is 50.3 Å². The van der Waals surface area contributed by atoms with E-state index in [9.17, 15) is 8.78 Å². The van der Waals surface area contributed by atoms with Crippen LogP contribution >= 0.6 is 35.6 Å². The second kappa shape index (κ2) is 13.6. The molecule has 0 bridgehead atoms. The molecule has 31 heavy (non-hydrogen) atoms. The maximum atomic E-state index is 12.6. The maximum absolute atomic E-state index is 12.6. The highest BCUT2D eigenvalue weighted by Crippen LogP contribution is 2.25. The Morgan fingerprint density at radius 1 is 1.29 bits per heavy atom. The molecule has 2 fully saturated rings. The lowest BCUT2D eigenvalue weighted by Gasteiger charge is -2.35. The number of hydrogen-bond acceptors (Lipinski definition) is 4. The van der Waals surface area contributed by atoms with E-state index in [-0.39, 0.29) is 48.5 Å². The molecule has 1 atom stereocenters. The lowest BCUT2D eigenvalue weighted by atomic mass is 10.1. The van der Waals surface area contributed by atoms with Crippen LogP contribution < -0.4 is 10.1 Å². The number of guanidine groups is 1. The van der Waals surface area contributed by atoms with E-state index in [0.29, 0.717) is 23.2 Å². The van der Waals surface area contributed by atoms with E-state index in [4.69, 9.17) is 21.1 Å². The highest BCUT2D eigenvalue weighted by atomic mass is 127. The molecule has 0 aliphatic carbocycles. The van der Waals surface area contributed by atoms with Gasteiger partial charge < -0.3 is 24.4 Å². The van der Waals surface area contributed by atoms with E-state index in [0.717, 1.165) is 45.4 Å². The number of nitrogens with one attached hydrogen (secondary N) is 1. The first-order valence-electron chi connectivity index (χ1n) is 10.5. The van der Waals surface area contributed by atoms with Crippen molar-refractivity contribution in [3.63, 3.8) is 0 Å². The average molecular weight is 574 g/mol. The molecule has 6 nitrogen and oxygen atoms in total. The van der Waals surface area contributed by atoms with Crippen molar-refractivity contribution in [2.75, 3.05) is 33.4 Å². The van der Waals surface area contributed by atoms with Gasteiger partial charge in [0.2, 0.25) is 0 Å². The van der Waals surface area contributed by atoms with E-state index in [1.807, 2.05) is 0 Å². The molecule has 1 unspecified atom stereocenters. The van der Waals surface area contributed by atoms with E-state index >= 15 is 0 Å². The second-order valence-corrected chi connectivity index (χ2v) is 7.98. The Hall–Kier alpha value is -0.910. The van der Waals surface area contributed by atoms with Gasteiger partial charge in [-0.3, -0.25) is 4.99 Å². The summed E-state index contributed by atoms with van der Waals surface area (Å²) in [5.74, 6) is 0.821. The molecular formula is C21H31ClF2IN3O3. The van der Waals surface area contributed by atoms with E-state index in [1.54, 1.807) is 13.1 Å². The van der Waals surface area contributed by atoms with Crippen molar-refractivity contribution in [2.45, 2.75) is 57.5 Å². The number of halogens is 4. The molecule has 0 saturated carbocycles. The van der Waals surface area contributed by atoms with Crippen LogP contribution in [0.2, 0.25) is 5.02 Å². The molecule has 2 heterocycles. The number of alkyl halides is 2. The first kappa shape index (κ1) is 26.3. The largest absolute Gasteiger partial charge is 0.434 e. The Balaban J connectivity index is 0.00000341. The molecule has 2 saturated heterocycles. The quantitative estimate of drug-likeness (QED) is 0.292. The van der Waals surface area contributed by atoms with Gasteiger partial charge in [0.05, 0.1) is 18.8 Å². The zero-order chi connectivity index (χ0) is 21.3. The van der Waals surface area contributed by atoms with Crippen LogP contribution in [0.3, 0.4) is 0 Å². The van der Waals surface area contributed by atoms with Crippen LogP contribution in [0.1, 0.15) is 37.7 Å². The van der Waals surface area contributed by atoms with Crippen molar-refractivity contribution in [1.29, 1.82) is 0 Å². The molecule has 2 aliphatic rings. The molecule has 0 aromatic heterocycles. The van der Waals surface area contributed by atoms with Crippen LogP contribution in [-0.2, 0) is 16.0 Å². The van der Waals surface area contributed by atoms with Gasteiger partial charge in [0.15, 0.2) is 5.96 Å². The second-order valence-electron chi connectivity index (χ2n) is 7.54. The minimum absolute atomic E-state index is 0. The lowest BCUT2D eigenvalue weighted by molar-refractivity contribution is -0.0721. The number of rotatable bonds is 7. The predicted molar refractivity (Wildman–Crippen MR) is 128 cm³/mol. The molecule has 0 spiro atoms. The molecule has 0 radical (unpaired) electrons. The lowest BCUT2D eigenvalue weighted by Crippen LogP contribution is -2.47. The molecule has 2 aliphatic heterocycles. The molecule has 1 aromatic rings. The van der Waals surface area contributed by atoms with Crippen molar-refractivity contribution in [1.82, 2.24) is 10.2 Å². The number of piperidine rings is 1. The number of aliphatic imine (C=N–C) groups is 1. The van der Waals surface area contributed by atoms with Gasteiger partial charge in [-0.1, -0.05) is 11.6 Å². The topological polar surface area (TPSA) is 55.3 Å². The van der Waals surface area contributed by atoms with Gasteiger partial charge in [-0.25, -0.2) is 0 Å². The molecule has 3 rings (SSSR count). The maximum Gasteiger partial charge on any atom is 0.387 e. The Labute approximate surface area is 204 Å². The minimum Gasteiger partial charge on any atom is -0.434 e. The fraction of sp³-hybridized carbons (Fsp3) is 0.667. The highest BCUT2D eigenvalue weighted by molar-refractivity contribution is 14.0. The summed E-state index contributed by atoms with van der Waals surface area (Å²) in [6, 6.07) is 4.60. The molecule has 10 heteroatoms. The number of likely N-dealkylation sites (tertiary alicyclic amines) is 1. The van der Waals surface area contributed by atoms with E-state index < -0.39 is 6.61 Å². The van der Waals surface area contributed by atoms with Crippen LogP contribution in [0.4, 0.5) is 8.78 Å². The molecular weight excluding hydrogens is 543 g/mol. The van der Waals surface area contributed by atoms with Gasteiger partial charge in [-0.2, -0.15) is 8.78 Å². The summed E-state index contributed by atoms with van der Waals surface area (Å²) in [7, 11) is 1.71. The van der Waals surface area contributed by atoms with Gasteiger partial charge in [-0.15, -0.1) is 24.0 Å². The first-order chi connectivity index (χ1) is 14.5. The third-order valence-electron chi connectivity index (χ3n) is 5.42. The summed E-state index contributed by atoms with van der Waals surface area (Å²) in [4.78, 5) is 6.48. The van der Waals surface area contributed by atoms with E-state index in [2.05, 4.69) is 19.9 Å². The predicted octanol–water partition coefficient (Wildman–Crippen LogP) is 4.68. The zero-order valence-electron chi connectivity index (χ0n) is 17.7. The Kier molecular flexibility index (Phi) is 11.6. The SMILES string of the molecule is CN=C(NCc1cc(Cl)ccc1OC(F)F)N1CCC(OCC2CCCCO2)CC1.I. The monoisotopic (exact) mass is 573 g/mol. The van der Waals surface area contributed by atoms with Crippen LogP contribution in [0, 0.1) is 0 Å². The van der Waals surface area contributed by atoms with Crippen LogP contribution in [-0.4, -0.2) is 63.0 Å². The fourth-order valence-electron chi connectivity index (χ4n) is 3.82. The van der Waals surface area contributed by atoms with Crippen molar-refractivity contribution in [2.24, 2.45) is 4.99 Å². The summed E-state index contributed by atoms with van der Waals surface area (Å²) < 4.78 is 41.7. The van der Waals surface area contributed by atoms with Crippen molar-refractivity contribution in [3.8, 4) is 5.75 Å². The summed E-state index contributed by atoms with van der Waals surface area (Å²) in [5, 5.41) is 3.69. The van der Waals surface area contributed by atoms with Gasteiger partial charge >= 0.3 is 6.61 Å². The van der Waals surface area contributed by atoms with Gasteiger partial charge in [0, 0.05) is 43.9 Å². The number of ether oxygens (including phenoxy) is 3. The third kappa shape index (κ3) is 8.51. The number of benzene rings is 1. The van der Waals surface area contributed by atoms with E-state index in [1.165, 1.54) is 18.6 Å². The molecule has 1 N–H and O–H groups in total. The Morgan fingerprint density at radius 2 is 2.06 bits per heavy atom. The van der Waals surface area contributed by atoms with Crippen LogP contribution in [0.5, 0.6) is 5.75 Å². The fourth-order valence-corrected chi connectivity index (χ4v) is 4.01. The Bertz CT molecular complexity index is 700. The van der Waals surface area contributed by atoms with Crippen LogP contribution in [0.25, 0.3) is 0 Å². The highest BCUT2D eigenvalue weighted by Gasteiger charge is 2.24. The van der Waals surface area contributed by atoms with Gasteiger partial charge in [0.25, 0.3) is 0 Å². The standard InChI is InChI=1S/C21H30ClF2N3O3.HI/c1-25-21(26-13-15-12-16(22)5-6-19(15)30-20(23)24)27-9-7-17(8-10-27)29-14-18-4-2-3-11-28-18;/h5-6,12,17-18,20H,2-4,7-11,13-14H2,1H3,(H,25,26);1H. The summed E-state index contributed by atoms with van der Waals surface area (Å²) >= 11 is 6.02. The van der Waals surface area contributed by atoms with Crippen molar-refractivity contribution < 1.29 is 23.0 Å². The normalized spacial score (nSPS) is 20.5. The Morgan fingerprint density at radius 3 is 2.71 bits per heavy atom. The minimum atomic E-state index is -2.89. The molecule has 1 aromatic carbocycles. The number of nitrogens with zero attached hydrogens (tertiary/aromatic N) is 2. The first-order valence-corrected chi connectivity index (χ1v) is 10.8. The summed E-state index contributed by atoms with van der Waals surface area (Å²) in [6.07, 6.45) is 5.71. The summed E-state index contributed by atoms with van der Waals surface area (Å²) in [5.41, 5.74) is 0.551. The third-order valence-corrected chi connectivity index (χ3v) is 5.66. The summed E-state index contributed by atoms with van der Waals surface area (Å²) in [6.45, 7) is 0.523. The van der Waals surface area contributed by atoms with Gasteiger partial charge in [0.1, 0.15) is 5.75 Å². The van der Waals surface area contributed by atoms with Crippen molar-refractivity contribution >= 4 is 41.5 Å². The smallest absolute Gasteiger partial charge is 0.387 e. The average Bonchev–Trinajstić information content (AvgIpc) is 2.75. The molecule has 0 amide bonds. The van der Waals surface area contributed by atoms with Crippen molar-refractivity contribution in [3.05, 3.63) is 28.8 Å². The van der Waals surface area contributed by atoms with Crippen LogP contribution in [0.15, 0.2) is 23.2 Å². The molecule has 176 valence electrons.